The number of rotatable bonds is 15. The Labute approximate surface area is 211 Å². The van der Waals surface area contributed by atoms with E-state index in [0.717, 1.165) is 46.6 Å². The molecule has 1 aromatic heterocycles. The topological polar surface area (TPSA) is 116 Å². The van der Waals surface area contributed by atoms with Crippen LogP contribution in [-0.4, -0.2) is 35.7 Å². The summed E-state index contributed by atoms with van der Waals surface area (Å²) in [4.78, 5) is 36.5. The zero-order valence-corrected chi connectivity index (χ0v) is 21.6. The van der Waals surface area contributed by atoms with Crippen molar-refractivity contribution in [2.75, 3.05) is 6.61 Å². The molecule has 0 fully saturated rings. The summed E-state index contributed by atoms with van der Waals surface area (Å²) in [7, 11) is 0. The van der Waals surface area contributed by atoms with Gasteiger partial charge in [0, 0.05) is 29.5 Å². The van der Waals surface area contributed by atoms with E-state index in [1.165, 1.54) is 13.8 Å². The second kappa shape index (κ2) is 14.6. The molecule has 7 nitrogen and oxygen atoms in total. The number of carbonyl (C=O) groups excluding carboxylic acids is 3. The van der Waals surface area contributed by atoms with Crippen LogP contribution in [0.25, 0.3) is 10.4 Å². The Morgan fingerprint density at radius 3 is 2.31 bits per heavy atom. The molecule has 3 N–H and O–H groups in total. The third-order valence-corrected chi connectivity index (χ3v) is 7.06. The molecule has 192 valence electrons. The number of hydrogen-bond donors (Lipinski definition) is 2. The molecule has 0 aliphatic heterocycles. The van der Waals surface area contributed by atoms with E-state index in [4.69, 9.17) is 15.2 Å². The third-order valence-electron chi connectivity index (χ3n) is 5.82. The number of hydrogen-bond acceptors (Lipinski definition) is 7. The van der Waals surface area contributed by atoms with Crippen molar-refractivity contribution in [1.82, 2.24) is 0 Å². The van der Waals surface area contributed by atoms with Crippen molar-refractivity contribution < 1.29 is 29.0 Å². The van der Waals surface area contributed by atoms with Crippen LogP contribution in [0.1, 0.15) is 75.8 Å². The van der Waals surface area contributed by atoms with Crippen LogP contribution in [0, 0.1) is 5.92 Å². The second-order valence-electron chi connectivity index (χ2n) is 8.83. The molecule has 35 heavy (non-hydrogen) atoms. The van der Waals surface area contributed by atoms with Gasteiger partial charge in [-0.05, 0) is 42.5 Å². The smallest absolute Gasteiger partial charge is 0.302 e. The summed E-state index contributed by atoms with van der Waals surface area (Å²) in [5.74, 6) is -1.90. The number of benzene rings is 1. The van der Waals surface area contributed by atoms with Crippen molar-refractivity contribution in [3.63, 3.8) is 0 Å². The van der Waals surface area contributed by atoms with Gasteiger partial charge >= 0.3 is 11.9 Å². The minimum atomic E-state index is -0.753. The van der Waals surface area contributed by atoms with Gasteiger partial charge in [0.2, 0.25) is 5.91 Å². The molecule has 0 saturated carbocycles. The lowest BCUT2D eigenvalue weighted by molar-refractivity contribution is -0.154. The largest absolute Gasteiger partial charge is 0.465 e. The van der Waals surface area contributed by atoms with Gasteiger partial charge in [-0.2, -0.15) is 0 Å². The van der Waals surface area contributed by atoms with Crippen molar-refractivity contribution in [3.05, 3.63) is 46.8 Å². The number of aryl methyl sites for hydroxylation is 1. The third kappa shape index (κ3) is 10.2. The molecule has 1 heterocycles. The zero-order valence-electron chi connectivity index (χ0n) is 20.8. The molecule has 8 heteroatoms. The van der Waals surface area contributed by atoms with Crippen molar-refractivity contribution in [1.29, 1.82) is 0 Å². The maximum Gasteiger partial charge on any atom is 0.302 e. The minimum Gasteiger partial charge on any atom is -0.465 e. The number of amides is 1. The molecule has 0 saturated heterocycles. The Morgan fingerprint density at radius 2 is 1.71 bits per heavy atom. The van der Waals surface area contributed by atoms with Gasteiger partial charge in [0.25, 0.3) is 0 Å². The number of primary amides is 1. The number of carbonyl (C=O) groups is 3. The van der Waals surface area contributed by atoms with Crippen LogP contribution in [0.5, 0.6) is 0 Å². The van der Waals surface area contributed by atoms with Gasteiger partial charge in [0.05, 0.1) is 19.1 Å². The Morgan fingerprint density at radius 1 is 1.00 bits per heavy atom. The van der Waals surface area contributed by atoms with Crippen LogP contribution in [0.2, 0.25) is 0 Å². The van der Waals surface area contributed by atoms with Gasteiger partial charge in [-0.15, -0.1) is 11.3 Å². The Hall–Kier alpha value is -2.71. The Bertz CT molecular complexity index is 939. The van der Waals surface area contributed by atoms with Gasteiger partial charge in [-0.25, -0.2) is 0 Å². The van der Waals surface area contributed by atoms with Gasteiger partial charge in [0.15, 0.2) is 0 Å². The average molecular weight is 504 g/mol. The first-order valence-corrected chi connectivity index (χ1v) is 13.0. The summed E-state index contributed by atoms with van der Waals surface area (Å²) in [6, 6.07) is 12.2. The fourth-order valence-corrected chi connectivity index (χ4v) is 4.96. The van der Waals surface area contributed by atoms with Crippen molar-refractivity contribution in [2.24, 2.45) is 11.7 Å². The van der Waals surface area contributed by atoms with Crippen molar-refractivity contribution >= 4 is 29.2 Å². The van der Waals surface area contributed by atoms with E-state index in [9.17, 15) is 19.5 Å². The van der Waals surface area contributed by atoms with Crippen LogP contribution in [0.3, 0.4) is 0 Å². The van der Waals surface area contributed by atoms with Crippen LogP contribution in [-0.2, 0) is 30.3 Å². The molecule has 2 aromatic rings. The van der Waals surface area contributed by atoms with Crippen LogP contribution < -0.4 is 5.73 Å². The highest BCUT2D eigenvalue weighted by molar-refractivity contribution is 7.15. The van der Waals surface area contributed by atoms with Gasteiger partial charge < -0.3 is 20.3 Å². The van der Waals surface area contributed by atoms with E-state index in [0.29, 0.717) is 12.8 Å². The standard InChI is InChI=1S/C27H37NO6S/c1-4-5-6-7-23(31)26-15-14-25(35-26)21-11-8-20(9-12-21)10-13-22(17-33-18(2)29)24(16-27(28)32)34-19(3)30/h8-9,11-12,14-15,22-24,31H,4-7,10,13,16-17H2,1-3H3,(H2,28,32). The van der Waals surface area contributed by atoms with Crippen molar-refractivity contribution in [3.8, 4) is 10.4 Å². The van der Waals surface area contributed by atoms with Gasteiger partial charge in [-0.3, -0.25) is 14.4 Å². The number of esters is 2. The molecule has 0 aliphatic carbocycles. The maximum absolute atomic E-state index is 11.5. The highest BCUT2D eigenvalue weighted by Crippen LogP contribution is 2.33. The SMILES string of the molecule is CCCCCC(O)c1ccc(-c2ccc(CCC(COC(C)=O)C(CC(N)=O)OC(C)=O)cc2)s1. The molecule has 3 unspecified atom stereocenters. The first-order valence-electron chi connectivity index (χ1n) is 12.2. The summed E-state index contributed by atoms with van der Waals surface area (Å²) < 4.78 is 10.5. The number of aliphatic hydroxyl groups excluding tert-OH is 1. The summed E-state index contributed by atoms with van der Waals surface area (Å²) in [5, 5.41) is 10.4. The van der Waals surface area contributed by atoms with Crippen LogP contribution in [0.4, 0.5) is 0 Å². The molecule has 0 bridgehead atoms. The molecular weight excluding hydrogens is 466 g/mol. The monoisotopic (exact) mass is 503 g/mol. The number of unbranched alkanes of at least 4 members (excludes halogenated alkanes) is 2. The Balaban J connectivity index is 2.04. The Kier molecular flexibility index (Phi) is 11.9. The molecule has 1 aromatic carbocycles. The van der Waals surface area contributed by atoms with Gasteiger partial charge in [0.1, 0.15) is 6.10 Å². The van der Waals surface area contributed by atoms with E-state index in [-0.39, 0.29) is 18.9 Å². The predicted octanol–water partition coefficient (Wildman–Crippen LogP) is 4.95. The summed E-state index contributed by atoms with van der Waals surface area (Å²) in [5.41, 5.74) is 7.49. The fourth-order valence-electron chi connectivity index (χ4n) is 3.92. The second-order valence-corrected chi connectivity index (χ2v) is 9.95. The number of ether oxygens (including phenoxy) is 2. The van der Waals surface area contributed by atoms with Crippen LogP contribution in [0.15, 0.2) is 36.4 Å². The molecule has 0 aliphatic rings. The lowest BCUT2D eigenvalue weighted by atomic mass is 9.92. The number of aliphatic hydroxyl groups is 1. The summed E-state index contributed by atoms with van der Waals surface area (Å²) >= 11 is 1.61. The first kappa shape index (κ1) is 28.5. The highest BCUT2D eigenvalue weighted by atomic mass is 32.1. The predicted molar refractivity (Wildman–Crippen MR) is 137 cm³/mol. The van der Waals surface area contributed by atoms with Crippen LogP contribution >= 0.6 is 11.3 Å². The van der Waals surface area contributed by atoms with Gasteiger partial charge in [-0.1, -0.05) is 50.5 Å². The molecule has 0 spiro atoms. The average Bonchev–Trinajstić information content (AvgIpc) is 3.29. The normalized spacial score (nSPS) is 13.6. The highest BCUT2D eigenvalue weighted by Gasteiger charge is 2.27. The first-order chi connectivity index (χ1) is 16.7. The maximum atomic E-state index is 11.5. The fraction of sp³-hybridized carbons (Fsp3) is 0.519. The summed E-state index contributed by atoms with van der Waals surface area (Å²) in [6.07, 6.45) is 3.96. The van der Waals surface area contributed by atoms with E-state index < -0.39 is 30.1 Å². The quantitative estimate of drug-likeness (QED) is 0.262. The number of nitrogens with two attached hydrogens (primary N) is 1. The van der Waals surface area contributed by atoms with E-state index in [1.54, 1.807) is 11.3 Å². The molecule has 3 atom stereocenters. The van der Waals surface area contributed by atoms with E-state index in [1.807, 2.05) is 36.4 Å². The minimum absolute atomic E-state index is 0.0389. The molecule has 1 amide bonds. The van der Waals surface area contributed by atoms with E-state index in [2.05, 4.69) is 6.92 Å². The lowest BCUT2D eigenvalue weighted by Gasteiger charge is -2.25. The molecule has 2 rings (SSSR count). The zero-order chi connectivity index (χ0) is 25.8. The number of thiophene rings is 1. The van der Waals surface area contributed by atoms with E-state index >= 15 is 0 Å². The van der Waals surface area contributed by atoms with Crippen molar-refractivity contribution in [2.45, 2.75) is 77.9 Å². The summed E-state index contributed by atoms with van der Waals surface area (Å²) in [6.45, 7) is 4.77. The lowest BCUT2D eigenvalue weighted by Crippen LogP contribution is -2.34. The molecule has 0 radical (unpaired) electrons. The molecular formula is C27H37NO6S.